The molecule has 3 nitrogen and oxygen atoms in total. The summed E-state index contributed by atoms with van der Waals surface area (Å²) in [6.45, 7) is 1.87. The first-order chi connectivity index (χ1) is 8.90. The average molecular weight is 267 g/mol. The van der Waals surface area contributed by atoms with Gasteiger partial charge in [-0.05, 0) is 13.0 Å². The SMILES string of the molecule is CNc1cc(-c2cccc(C)c2)nc(C(F)(F)F)n1. The summed E-state index contributed by atoms with van der Waals surface area (Å²) < 4.78 is 38.2. The van der Waals surface area contributed by atoms with E-state index in [4.69, 9.17) is 0 Å². The average Bonchev–Trinajstić information content (AvgIpc) is 2.37. The van der Waals surface area contributed by atoms with Crippen molar-refractivity contribution in [1.82, 2.24) is 9.97 Å². The molecule has 1 aromatic heterocycles. The zero-order valence-electron chi connectivity index (χ0n) is 10.4. The lowest BCUT2D eigenvalue weighted by Gasteiger charge is -2.10. The minimum Gasteiger partial charge on any atom is -0.373 e. The normalized spacial score (nSPS) is 11.4. The van der Waals surface area contributed by atoms with E-state index < -0.39 is 12.0 Å². The van der Waals surface area contributed by atoms with Gasteiger partial charge in [-0.1, -0.05) is 23.8 Å². The van der Waals surface area contributed by atoms with E-state index in [2.05, 4.69) is 15.3 Å². The second kappa shape index (κ2) is 4.87. The van der Waals surface area contributed by atoms with E-state index in [1.165, 1.54) is 13.1 Å². The second-order valence-electron chi connectivity index (χ2n) is 4.08. The van der Waals surface area contributed by atoms with E-state index >= 15 is 0 Å². The van der Waals surface area contributed by atoms with E-state index in [9.17, 15) is 13.2 Å². The number of hydrogen-bond donors (Lipinski definition) is 1. The minimum absolute atomic E-state index is 0.138. The fourth-order valence-electron chi connectivity index (χ4n) is 1.65. The number of rotatable bonds is 2. The standard InChI is InChI=1S/C13H12F3N3/c1-8-4-3-5-9(6-8)10-7-11(17-2)19-12(18-10)13(14,15)16/h3-7H,1-2H3,(H,17,18,19). The molecule has 6 heteroatoms. The molecule has 0 aliphatic heterocycles. The van der Waals surface area contributed by atoms with Crippen molar-refractivity contribution in [1.29, 1.82) is 0 Å². The van der Waals surface area contributed by atoms with Crippen molar-refractivity contribution >= 4 is 5.82 Å². The van der Waals surface area contributed by atoms with E-state index in [1.807, 2.05) is 13.0 Å². The molecule has 0 saturated carbocycles. The van der Waals surface area contributed by atoms with E-state index in [0.29, 0.717) is 5.56 Å². The highest BCUT2D eigenvalue weighted by Gasteiger charge is 2.35. The first kappa shape index (κ1) is 13.3. The highest BCUT2D eigenvalue weighted by molar-refractivity contribution is 5.63. The summed E-state index contributed by atoms with van der Waals surface area (Å²) in [7, 11) is 1.52. The van der Waals surface area contributed by atoms with Gasteiger partial charge < -0.3 is 5.32 Å². The Morgan fingerprint density at radius 3 is 2.42 bits per heavy atom. The number of aryl methyl sites for hydroxylation is 1. The Hall–Kier alpha value is -2.11. The van der Waals surface area contributed by atoms with Gasteiger partial charge in [-0.3, -0.25) is 0 Å². The molecule has 0 radical (unpaired) electrons. The van der Waals surface area contributed by atoms with E-state index in [-0.39, 0.29) is 11.5 Å². The van der Waals surface area contributed by atoms with Crippen LogP contribution in [0.5, 0.6) is 0 Å². The monoisotopic (exact) mass is 267 g/mol. The number of benzene rings is 1. The maximum absolute atomic E-state index is 12.7. The molecule has 100 valence electrons. The van der Waals surface area contributed by atoms with Crippen LogP contribution in [0.4, 0.5) is 19.0 Å². The largest absolute Gasteiger partial charge is 0.451 e. The smallest absolute Gasteiger partial charge is 0.373 e. The Morgan fingerprint density at radius 2 is 1.84 bits per heavy atom. The number of nitrogens with one attached hydrogen (secondary N) is 1. The van der Waals surface area contributed by atoms with E-state index in [0.717, 1.165) is 5.56 Å². The molecule has 1 heterocycles. The predicted octanol–water partition coefficient (Wildman–Crippen LogP) is 3.51. The number of alkyl halides is 3. The van der Waals surface area contributed by atoms with Crippen molar-refractivity contribution in [2.24, 2.45) is 0 Å². The Labute approximate surface area is 108 Å². The predicted molar refractivity (Wildman–Crippen MR) is 66.8 cm³/mol. The van der Waals surface area contributed by atoms with Crippen LogP contribution < -0.4 is 5.32 Å². The summed E-state index contributed by atoms with van der Waals surface area (Å²) in [4.78, 5) is 7.01. The number of hydrogen-bond acceptors (Lipinski definition) is 3. The quantitative estimate of drug-likeness (QED) is 0.904. The van der Waals surface area contributed by atoms with Gasteiger partial charge in [-0.15, -0.1) is 0 Å². The lowest BCUT2D eigenvalue weighted by molar-refractivity contribution is -0.144. The molecule has 1 N–H and O–H groups in total. The molecule has 0 amide bonds. The van der Waals surface area contributed by atoms with Crippen LogP contribution in [0.2, 0.25) is 0 Å². The first-order valence-corrected chi connectivity index (χ1v) is 5.61. The van der Waals surface area contributed by atoms with Crippen LogP contribution in [-0.2, 0) is 6.18 Å². The van der Waals surface area contributed by atoms with Crippen molar-refractivity contribution < 1.29 is 13.2 Å². The van der Waals surface area contributed by atoms with Crippen molar-refractivity contribution in [3.8, 4) is 11.3 Å². The fraction of sp³-hybridized carbons (Fsp3) is 0.231. The zero-order chi connectivity index (χ0) is 14.0. The molecule has 0 saturated heterocycles. The molecule has 0 atom stereocenters. The molecular weight excluding hydrogens is 255 g/mol. The van der Waals surface area contributed by atoms with Gasteiger partial charge in [0.15, 0.2) is 0 Å². The van der Waals surface area contributed by atoms with Crippen LogP contribution >= 0.6 is 0 Å². The van der Waals surface area contributed by atoms with Crippen molar-refractivity contribution in [2.75, 3.05) is 12.4 Å². The lowest BCUT2D eigenvalue weighted by atomic mass is 10.1. The maximum Gasteiger partial charge on any atom is 0.451 e. The van der Waals surface area contributed by atoms with Gasteiger partial charge in [-0.25, -0.2) is 9.97 Å². The first-order valence-electron chi connectivity index (χ1n) is 5.61. The summed E-state index contributed by atoms with van der Waals surface area (Å²) in [5, 5.41) is 2.61. The number of anilines is 1. The Morgan fingerprint density at radius 1 is 1.11 bits per heavy atom. The molecule has 2 rings (SSSR count). The van der Waals surface area contributed by atoms with Crippen molar-refractivity contribution in [3.05, 3.63) is 41.7 Å². The van der Waals surface area contributed by atoms with Gasteiger partial charge in [0, 0.05) is 18.7 Å². The summed E-state index contributed by atoms with van der Waals surface area (Å²) in [5.41, 5.74) is 1.83. The van der Waals surface area contributed by atoms with Crippen LogP contribution in [-0.4, -0.2) is 17.0 Å². The lowest BCUT2D eigenvalue weighted by Crippen LogP contribution is -2.13. The summed E-state index contributed by atoms with van der Waals surface area (Å²) >= 11 is 0. The van der Waals surface area contributed by atoms with Crippen LogP contribution in [0.25, 0.3) is 11.3 Å². The van der Waals surface area contributed by atoms with Crippen molar-refractivity contribution in [2.45, 2.75) is 13.1 Å². The van der Waals surface area contributed by atoms with Crippen LogP contribution in [0, 0.1) is 6.92 Å². The van der Waals surface area contributed by atoms with Crippen LogP contribution in [0.15, 0.2) is 30.3 Å². The third-order valence-electron chi connectivity index (χ3n) is 2.55. The number of halogens is 3. The molecule has 0 bridgehead atoms. The number of nitrogens with zero attached hydrogens (tertiary/aromatic N) is 2. The molecule has 19 heavy (non-hydrogen) atoms. The molecule has 0 unspecified atom stereocenters. The van der Waals surface area contributed by atoms with Gasteiger partial charge in [0.1, 0.15) is 5.82 Å². The molecule has 0 spiro atoms. The highest BCUT2D eigenvalue weighted by atomic mass is 19.4. The summed E-state index contributed by atoms with van der Waals surface area (Å²) in [5.74, 6) is -1.00. The molecule has 1 aromatic carbocycles. The fourth-order valence-corrected chi connectivity index (χ4v) is 1.65. The molecule has 0 aliphatic rings. The Bertz CT molecular complexity index is 594. The Balaban J connectivity index is 2.57. The summed E-state index contributed by atoms with van der Waals surface area (Å²) in [6, 6.07) is 8.63. The van der Waals surface area contributed by atoms with Crippen LogP contribution in [0.3, 0.4) is 0 Å². The third-order valence-corrected chi connectivity index (χ3v) is 2.55. The zero-order valence-corrected chi connectivity index (χ0v) is 10.4. The Kier molecular flexibility index (Phi) is 3.42. The van der Waals surface area contributed by atoms with Crippen LogP contribution in [0.1, 0.15) is 11.4 Å². The van der Waals surface area contributed by atoms with Gasteiger partial charge >= 0.3 is 6.18 Å². The molecular formula is C13H12F3N3. The minimum atomic E-state index is -4.56. The van der Waals surface area contributed by atoms with Gasteiger partial charge in [-0.2, -0.15) is 13.2 Å². The molecule has 0 fully saturated rings. The maximum atomic E-state index is 12.7. The van der Waals surface area contributed by atoms with E-state index in [1.54, 1.807) is 18.2 Å². The van der Waals surface area contributed by atoms with Gasteiger partial charge in [0.25, 0.3) is 0 Å². The van der Waals surface area contributed by atoms with Gasteiger partial charge in [0.2, 0.25) is 5.82 Å². The van der Waals surface area contributed by atoms with Crippen molar-refractivity contribution in [3.63, 3.8) is 0 Å². The summed E-state index contributed by atoms with van der Waals surface area (Å²) in [6.07, 6.45) is -4.56. The molecule has 2 aromatic rings. The molecule has 0 aliphatic carbocycles. The van der Waals surface area contributed by atoms with Gasteiger partial charge in [0.05, 0.1) is 5.69 Å². The third kappa shape index (κ3) is 3.01. The number of aromatic nitrogens is 2. The topological polar surface area (TPSA) is 37.8 Å². The second-order valence-corrected chi connectivity index (χ2v) is 4.08. The highest BCUT2D eigenvalue weighted by Crippen LogP contribution is 2.29.